The number of rotatable bonds is 44. The molecular formula is C140H212N4O3P+. The van der Waals surface area contributed by atoms with Crippen LogP contribution in [0.3, 0.4) is 0 Å². The summed E-state index contributed by atoms with van der Waals surface area (Å²) in [5.74, 6) is 0.311. The summed E-state index contributed by atoms with van der Waals surface area (Å²) in [7, 11) is -3.58. The molecule has 0 radical (unpaired) electrons. The van der Waals surface area contributed by atoms with Crippen LogP contribution in [-0.2, 0) is 9.09 Å². The predicted octanol–water partition coefficient (Wildman–Crippen LogP) is 40.6. The average molecular weight is 2030 g/mol. The minimum atomic E-state index is -3.58. The minimum Gasteiger partial charge on any atom is -0.778 e. The molecule has 0 fully saturated rings. The van der Waals surface area contributed by atoms with E-state index in [1.807, 2.05) is 38.4 Å². The number of hydrogen-bond donors (Lipinski definition) is 1. The zero-order chi connectivity index (χ0) is 111. The molecule has 0 aromatic rings. The van der Waals surface area contributed by atoms with Crippen LogP contribution in [-0.4, -0.2) is 72.3 Å². The van der Waals surface area contributed by atoms with E-state index in [4.69, 9.17) is 4.52 Å². The normalized spacial score (nSPS) is 21.2. The fourth-order valence-electron chi connectivity index (χ4n) is 19.9. The Balaban J connectivity index is 0.000000504. The van der Waals surface area contributed by atoms with Gasteiger partial charge in [0.25, 0.3) is 0 Å². The highest BCUT2D eigenvalue weighted by Crippen LogP contribution is 2.48. The average Bonchev–Trinajstić information content (AvgIpc) is 0.835. The van der Waals surface area contributed by atoms with Crippen LogP contribution in [0.5, 0.6) is 0 Å². The van der Waals surface area contributed by atoms with Gasteiger partial charge in [0.15, 0.2) is 24.7 Å². The van der Waals surface area contributed by atoms with E-state index < -0.39 is 13.3 Å². The van der Waals surface area contributed by atoms with Crippen LogP contribution in [0.1, 0.15) is 396 Å². The van der Waals surface area contributed by atoms with Crippen molar-refractivity contribution in [3.8, 4) is 0 Å². The molecule has 0 saturated carbocycles. The molecule has 3 atom stereocenters. The Morgan fingerprint density at radius 2 is 0.764 bits per heavy atom. The van der Waals surface area contributed by atoms with Gasteiger partial charge in [-0.1, -0.05) is 407 Å². The van der Waals surface area contributed by atoms with Crippen molar-refractivity contribution in [1.29, 1.82) is 0 Å². The largest absolute Gasteiger partial charge is 0.778 e. The van der Waals surface area contributed by atoms with E-state index in [0.29, 0.717) is 29.4 Å². The molecule has 7 nitrogen and oxygen atoms in total. The first kappa shape index (κ1) is 133. The standard InChI is InChI=1S/2C43H62N.2C23H35N.C8H19O3P/c1-11-29-44-30-26-38(21-13-17-34(3)23-25-41-37(6)20-15-28-43(41,9)10)32-39(44)31-35(4)18-12-16-33(2)22-24-40-36(5)19-14-27-42(40,7)8;1-12-31-44(32-27-36(4)19-13-17-34(2)23-25-40-38(6)21-15-29-42(40,8)9)33-28-37(5)20-14-18-35(3)24-26-41-39(7)22-16-30-43(41,10)11;2*1-7-17-24-18-15-20(3)11-8-10-19(2)13-14-22-21(4)12-9-16-23(22,5)6;1-5-8(4)6-11-12(9,10)7(2)3/h12-13,16-18,21-26,30-31,39H,11,14-15,19-20,27-29,32H2,1-10H3;13-14,17-20,23-28,32-33H,4,12,15-16,21-22,29-31H2,1-3,5-11H3;8,10-11,13-15,18H,7,9,12,16-17H2,1-6H3;8,10-11,13-15,18,24H,3,7,9,12,16-17H2,1-2,4-6H3;7-8H,5-6H2,1-4H3,(H,9,10)/q2*+1;;;/p-1/b18-12+,21-13+,24-22+,25-23+,33-16+,34-17+,35-31+;19-13+,20-14+,25-23+,26-24+,32-27-,34-17+,35-18+,37-28+,44-33-;11-8+,14-13+,19-10+,20-15+,24-18?;11-8+,14-13+,18-15-,19-10+;. The third-order valence-corrected chi connectivity index (χ3v) is 31.5. The maximum Gasteiger partial charge on any atom is 0.175 e. The van der Waals surface area contributed by atoms with Gasteiger partial charge in [-0.15, -0.1) is 0 Å². The molecule has 7 rings (SSSR count). The third kappa shape index (κ3) is 53.1. The minimum absolute atomic E-state index is 0.274. The van der Waals surface area contributed by atoms with Crippen molar-refractivity contribution in [3.05, 3.63) is 378 Å². The Bertz CT molecular complexity index is 5460. The summed E-state index contributed by atoms with van der Waals surface area (Å²) in [4.78, 5) is 15.5. The summed E-state index contributed by atoms with van der Waals surface area (Å²) in [5.41, 5.74) is 34.5. The van der Waals surface area contributed by atoms with Crippen LogP contribution < -0.4 is 10.2 Å². The lowest BCUT2D eigenvalue weighted by Gasteiger charge is -2.33. The number of nitrogens with zero attached hydrogens (tertiary/aromatic N) is 3. The second kappa shape index (κ2) is 69.2. The zero-order valence-electron chi connectivity index (χ0n) is 101. The molecule has 7 aliphatic rings. The molecule has 6 aliphatic carbocycles. The van der Waals surface area contributed by atoms with E-state index in [-0.39, 0.29) is 21.7 Å². The molecule has 0 amide bonds. The monoisotopic (exact) mass is 2030 g/mol. The molecule has 1 heterocycles. The van der Waals surface area contributed by atoms with Gasteiger partial charge in [-0.3, -0.25) is 4.99 Å². The predicted molar refractivity (Wildman–Crippen MR) is 662 cm³/mol. The van der Waals surface area contributed by atoms with Crippen LogP contribution in [0.25, 0.3) is 0 Å². The van der Waals surface area contributed by atoms with Crippen LogP contribution in [0.4, 0.5) is 0 Å². The lowest BCUT2D eigenvalue weighted by Crippen LogP contribution is -2.29. The van der Waals surface area contributed by atoms with Crippen LogP contribution >= 0.6 is 7.60 Å². The van der Waals surface area contributed by atoms with Gasteiger partial charge < -0.3 is 19.3 Å². The van der Waals surface area contributed by atoms with Crippen molar-refractivity contribution >= 4 is 26.2 Å². The second-order valence-electron chi connectivity index (χ2n) is 47.5. The van der Waals surface area contributed by atoms with Crippen molar-refractivity contribution in [1.82, 2.24) is 5.32 Å². The molecule has 0 saturated heterocycles. The molecular weight excluding hydrogens is 1820 g/mol. The third-order valence-electron chi connectivity index (χ3n) is 29.7. The molecule has 0 aromatic heterocycles. The number of aliphatic imine (C=N–C) groups is 1. The molecule has 148 heavy (non-hydrogen) atoms. The van der Waals surface area contributed by atoms with Crippen LogP contribution in [0.2, 0.25) is 0 Å². The van der Waals surface area contributed by atoms with Crippen LogP contribution in [0.15, 0.2) is 383 Å². The van der Waals surface area contributed by atoms with Gasteiger partial charge in [0.05, 0.1) is 6.61 Å². The molecule has 0 spiro atoms. The fraction of sp³-hybridized carbons (Fsp3) is 0.521. The van der Waals surface area contributed by atoms with Crippen molar-refractivity contribution in [2.75, 3.05) is 32.8 Å². The van der Waals surface area contributed by atoms with Gasteiger partial charge >= 0.3 is 0 Å². The highest BCUT2D eigenvalue weighted by molar-refractivity contribution is 7.52. The summed E-state index contributed by atoms with van der Waals surface area (Å²) < 4.78 is 20.7. The van der Waals surface area contributed by atoms with Crippen LogP contribution in [0, 0.1) is 38.4 Å². The zero-order valence-corrected chi connectivity index (χ0v) is 102. The Labute approximate surface area is 910 Å². The SMILES string of the molecule is C=C(/C=C\NCCC)/C=C/C=C(C)/C=C/C1=C(C)CCCC1(C)C.C=C(\C=C/[N+](=C\C=C(C)\C=C\C=C(C)\C=C\C1=C(C)CCCC1(C)C)CCC)/C=C/C=C(C)/C=C/C1=C(C)CCCC1(C)C.CCC(C)COP(=O)([O-])C(C)C.CCCN=C/C=C(C)/C=C/C=C(C)/C=C/C1=C(C)CCCC1(C)C.CCC[N+]1=CC=C(/C=C/C=C(C)/C=C/C2=C(C)CCCC2(C)C)CC1/C=C(C)/C=C/C=C(C)/C=C/C1=C(C)CCCC1(C)C. The molecule has 8 heteroatoms. The Morgan fingerprint density at radius 1 is 0.432 bits per heavy atom. The Hall–Kier alpha value is -9.36. The van der Waals surface area contributed by atoms with Gasteiger partial charge in [0.1, 0.15) is 20.7 Å². The maximum atomic E-state index is 11.2. The first-order valence-electron chi connectivity index (χ1n) is 56.9. The molecule has 1 aliphatic heterocycles. The molecule has 1 N–H and O–H groups in total. The highest BCUT2D eigenvalue weighted by atomic mass is 31.2. The number of nitrogens with one attached hydrogen (secondary N) is 1. The molecule has 0 bridgehead atoms. The van der Waals surface area contributed by atoms with Gasteiger partial charge in [0.2, 0.25) is 0 Å². The lowest BCUT2D eigenvalue weighted by molar-refractivity contribution is -0.550. The van der Waals surface area contributed by atoms with E-state index in [1.165, 1.54) is 210 Å². The van der Waals surface area contributed by atoms with Crippen molar-refractivity contribution in [3.63, 3.8) is 0 Å². The quantitative estimate of drug-likeness (QED) is 0.0217. The Morgan fingerprint density at radius 3 is 1.09 bits per heavy atom. The molecule has 0 aromatic carbocycles. The van der Waals surface area contributed by atoms with E-state index in [1.54, 1.807) is 41.7 Å². The maximum absolute atomic E-state index is 11.2. The summed E-state index contributed by atoms with van der Waals surface area (Å²) >= 11 is 0. The second-order valence-corrected chi connectivity index (χ2v) is 49.8. The first-order chi connectivity index (χ1) is 69.7. The van der Waals surface area contributed by atoms with Gasteiger partial charge in [-0.05, 0) is 362 Å². The van der Waals surface area contributed by atoms with E-state index in [2.05, 4.69) is 472 Å². The topological polar surface area (TPSA) is 79.8 Å². The van der Waals surface area contributed by atoms with Gasteiger partial charge in [-0.2, -0.15) is 0 Å². The summed E-state index contributed by atoms with van der Waals surface area (Å²) in [5, 5.41) is 3.23. The molecule has 814 valence electrons. The fourth-order valence-corrected chi connectivity index (χ4v) is 20.7. The van der Waals surface area contributed by atoms with Crippen molar-refractivity contribution in [2.45, 2.75) is 408 Å². The number of allylic oxidation sites excluding steroid dienone is 58. The summed E-state index contributed by atoms with van der Waals surface area (Å²) in [6, 6.07) is 0.381. The van der Waals surface area contributed by atoms with Crippen molar-refractivity contribution < 1.29 is 23.1 Å². The summed E-state index contributed by atoms with van der Waals surface area (Å²) in [6.07, 6.45) is 120. The summed E-state index contributed by atoms with van der Waals surface area (Å²) in [6.45, 7) is 90.3. The van der Waals surface area contributed by atoms with Gasteiger partial charge in [0, 0.05) is 62.5 Å². The first-order valence-corrected chi connectivity index (χ1v) is 58.5. The highest BCUT2D eigenvalue weighted by Gasteiger charge is 2.33. The van der Waals surface area contributed by atoms with E-state index >= 15 is 0 Å². The van der Waals surface area contributed by atoms with Crippen molar-refractivity contribution in [2.24, 2.45) is 43.4 Å². The van der Waals surface area contributed by atoms with E-state index in [0.717, 1.165) is 75.9 Å². The Kier molecular flexibility index (Phi) is 62.1. The van der Waals surface area contributed by atoms with Gasteiger partial charge in [-0.25, -0.2) is 9.15 Å². The lowest BCUT2D eigenvalue weighted by atomic mass is 9.72. The molecule has 3 unspecified atom stereocenters. The van der Waals surface area contributed by atoms with E-state index in [9.17, 15) is 9.46 Å². The smallest absolute Gasteiger partial charge is 0.175 e. The number of hydrogen-bond acceptors (Lipinski definition) is 5.